The highest BCUT2D eigenvalue weighted by Crippen LogP contribution is 2.63. The van der Waals surface area contributed by atoms with Crippen LogP contribution in [-0.4, -0.2) is 0 Å². The Morgan fingerprint density at radius 1 is 0.218 bits per heavy atom. The maximum absolute atomic E-state index is 2.50. The lowest BCUT2D eigenvalue weighted by molar-refractivity contribution is 0.794. The molecule has 2 aliphatic carbocycles. The van der Waals surface area contributed by atoms with E-state index in [9.17, 15) is 0 Å². The number of benzene rings is 10. The van der Waals surface area contributed by atoms with E-state index in [4.69, 9.17) is 0 Å². The van der Waals surface area contributed by atoms with Gasteiger partial charge in [-0.05, 0) is 147 Å². The highest BCUT2D eigenvalue weighted by atomic mass is 14.5. The first-order valence-corrected chi connectivity index (χ1v) is 19.2. The van der Waals surface area contributed by atoms with Gasteiger partial charge < -0.3 is 0 Å². The zero-order valence-electron chi connectivity index (χ0n) is 30.1. The number of hydrogen-bond donors (Lipinski definition) is 0. The van der Waals surface area contributed by atoms with E-state index in [1.54, 1.807) is 0 Å². The Morgan fingerprint density at radius 3 is 1.29 bits per heavy atom. The second kappa shape index (κ2) is 11.5. The minimum atomic E-state index is -0.362. The maximum atomic E-state index is 2.50. The molecule has 0 N–H and O–H groups in total. The molecule has 2 aliphatic rings. The van der Waals surface area contributed by atoms with E-state index in [1.165, 1.54) is 110 Å². The predicted octanol–water partition coefficient (Wildman–Crippen LogP) is 14.5. The summed E-state index contributed by atoms with van der Waals surface area (Å²) < 4.78 is 0. The van der Waals surface area contributed by atoms with Crippen LogP contribution in [0.4, 0.5) is 0 Å². The van der Waals surface area contributed by atoms with Crippen molar-refractivity contribution in [3.8, 4) is 55.6 Å². The van der Waals surface area contributed by atoms with Crippen LogP contribution in [-0.2, 0) is 5.41 Å². The van der Waals surface area contributed by atoms with E-state index in [0.29, 0.717) is 0 Å². The van der Waals surface area contributed by atoms with Crippen molar-refractivity contribution in [1.82, 2.24) is 0 Å². The highest BCUT2D eigenvalue weighted by Gasteiger charge is 2.51. The number of hydrogen-bond acceptors (Lipinski definition) is 0. The van der Waals surface area contributed by atoms with Gasteiger partial charge in [0.1, 0.15) is 0 Å². The minimum absolute atomic E-state index is 0.362. The van der Waals surface area contributed by atoms with Crippen LogP contribution < -0.4 is 0 Å². The third kappa shape index (κ3) is 4.34. The molecule has 12 rings (SSSR count). The fourth-order valence-electron chi connectivity index (χ4n) is 9.95. The molecule has 10 aromatic rings. The van der Waals surface area contributed by atoms with Crippen molar-refractivity contribution in [2.24, 2.45) is 0 Å². The normalized spacial score (nSPS) is 13.2. The van der Waals surface area contributed by atoms with Gasteiger partial charge in [0, 0.05) is 0 Å². The molecule has 0 unspecified atom stereocenters. The van der Waals surface area contributed by atoms with Crippen molar-refractivity contribution in [2.45, 2.75) is 5.41 Å². The second-order valence-corrected chi connectivity index (χ2v) is 15.2. The summed E-state index contributed by atoms with van der Waals surface area (Å²) in [5, 5.41) is 7.54. The lowest BCUT2D eigenvalue weighted by atomic mass is 9.70. The van der Waals surface area contributed by atoms with Gasteiger partial charge in [0.25, 0.3) is 0 Å². The van der Waals surface area contributed by atoms with E-state index in [1.807, 2.05) is 0 Å². The van der Waals surface area contributed by atoms with Gasteiger partial charge in [-0.3, -0.25) is 0 Å². The molecule has 10 aromatic carbocycles. The molecule has 0 aromatic heterocycles. The van der Waals surface area contributed by atoms with Gasteiger partial charge in [-0.25, -0.2) is 0 Å². The molecule has 0 radical (unpaired) electrons. The van der Waals surface area contributed by atoms with Crippen molar-refractivity contribution < 1.29 is 0 Å². The quantitative estimate of drug-likeness (QED) is 0.173. The summed E-state index contributed by atoms with van der Waals surface area (Å²) in [6, 6.07) is 77.2. The van der Waals surface area contributed by atoms with E-state index >= 15 is 0 Å². The third-order valence-electron chi connectivity index (χ3n) is 12.4. The molecule has 1 spiro atoms. The van der Waals surface area contributed by atoms with E-state index in [2.05, 4.69) is 206 Å². The molecule has 0 fully saturated rings. The Kier molecular flexibility index (Phi) is 6.36. The molecule has 0 nitrogen and oxygen atoms in total. The van der Waals surface area contributed by atoms with Crippen molar-refractivity contribution in [1.29, 1.82) is 0 Å². The van der Waals surface area contributed by atoms with Crippen LogP contribution in [0, 0.1) is 0 Å². The molecule has 0 atom stereocenters. The van der Waals surface area contributed by atoms with Gasteiger partial charge in [0.05, 0.1) is 5.41 Å². The molecule has 55 heavy (non-hydrogen) atoms. The average molecular weight is 695 g/mol. The monoisotopic (exact) mass is 694 g/mol. The smallest absolute Gasteiger partial charge is 0.0619 e. The Balaban J connectivity index is 1.02. The van der Waals surface area contributed by atoms with Crippen LogP contribution in [0.5, 0.6) is 0 Å². The first kappa shape index (κ1) is 30.4. The van der Waals surface area contributed by atoms with Gasteiger partial charge in [-0.15, -0.1) is 0 Å². The van der Waals surface area contributed by atoms with Crippen LogP contribution in [0.2, 0.25) is 0 Å². The summed E-state index contributed by atoms with van der Waals surface area (Å²) in [6.07, 6.45) is 0. The molecule has 0 amide bonds. The molecular formula is C55H34. The number of fused-ring (bicyclic) bond motifs is 13. The minimum Gasteiger partial charge on any atom is -0.0619 e. The summed E-state index contributed by atoms with van der Waals surface area (Å²) >= 11 is 0. The lowest BCUT2D eigenvalue weighted by Gasteiger charge is -2.30. The van der Waals surface area contributed by atoms with Crippen LogP contribution in [0.1, 0.15) is 22.3 Å². The van der Waals surface area contributed by atoms with Crippen molar-refractivity contribution in [2.75, 3.05) is 0 Å². The molecule has 0 heterocycles. The molecule has 0 bridgehead atoms. The van der Waals surface area contributed by atoms with Crippen molar-refractivity contribution in [3.05, 3.63) is 229 Å². The molecule has 0 aliphatic heterocycles. The fourth-order valence-corrected chi connectivity index (χ4v) is 9.95. The van der Waals surface area contributed by atoms with Crippen molar-refractivity contribution in [3.63, 3.8) is 0 Å². The van der Waals surface area contributed by atoms with Crippen LogP contribution in [0.25, 0.3) is 88.0 Å². The first-order valence-electron chi connectivity index (χ1n) is 19.2. The predicted molar refractivity (Wildman–Crippen MR) is 232 cm³/mol. The fraction of sp³-hybridized carbons (Fsp3) is 0.0182. The zero-order valence-corrected chi connectivity index (χ0v) is 30.1. The molecular weight excluding hydrogens is 661 g/mol. The van der Waals surface area contributed by atoms with Gasteiger partial charge in [0.15, 0.2) is 0 Å². The van der Waals surface area contributed by atoms with E-state index in [0.717, 1.165) is 0 Å². The van der Waals surface area contributed by atoms with Gasteiger partial charge in [-0.2, -0.15) is 0 Å². The van der Waals surface area contributed by atoms with Gasteiger partial charge in [0.2, 0.25) is 0 Å². The Hall–Kier alpha value is -7.02. The number of rotatable bonds is 3. The SMILES string of the molecule is c1ccc2c(c1)-c1ccccc1C21c2ccccc2-c2ccc(-c3cc(-c4ccc5cc(-c6ccc7ccccc7c6)ccc5c4)c4ccccc4c3)cc21. The Morgan fingerprint density at radius 2 is 0.636 bits per heavy atom. The molecule has 0 saturated heterocycles. The van der Waals surface area contributed by atoms with Gasteiger partial charge in [-0.1, -0.05) is 170 Å². The molecule has 0 heteroatoms. The second-order valence-electron chi connectivity index (χ2n) is 15.2. The average Bonchev–Trinajstić information content (AvgIpc) is 3.72. The topological polar surface area (TPSA) is 0 Å². The van der Waals surface area contributed by atoms with Crippen LogP contribution >= 0.6 is 0 Å². The summed E-state index contributed by atoms with van der Waals surface area (Å²) in [5.74, 6) is 0. The largest absolute Gasteiger partial charge is 0.0725 e. The Labute approximate surface area is 320 Å². The maximum Gasteiger partial charge on any atom is 0.0725 e. The zero-order chi connectivity index (χ0) is 36.1. The van der Waals surface area contributed by atoms with E-state index in [-0.39, 0.29) is 5.41 Å². The van der Waals surface area contributed by atoms with Crippen molar-refractivity contribution >= 4 is 32.3 Å². The van der Waals surface area contributed by atoms with Crippen LogP contribution in [0.3, 0.4) is 0 Å². The Bertz CT molecular complexity index is 3150. The first-order chi connectivity index (χ1) is 27.2. The van der Waals surface area contributed by atoms with E-state index < -0.39 is 0 Å². The summed E-state index contributed by atoms with van der Waals surface area (Å²) in [5.41, 5.74) is 17.9. The standard InChI is InChI=1S/C55H34/c1-2-12-36-29-37(22-21-35(36)11-1)38-23-24-40-31-43(26-25-39(40)30-38)50-33-44(32-42-13-3-4-14-45(42)50)41-27-28-49-48-17-7-10-20-53(48)55(54(49)34-41)51-18-8-5-15-46(51)47-16-6-9-19-52(47)55/h1-34H. The van der Waals surface area contributed by atoms with Crippen LogP contribution in [0.15, 0.2) is 206 Å². The summed E-state index contributed by atoms with van der Waals surface area (Å²) in [6.45, 7) is 0. The third-order valence-corrected chi connectivity index (χ3v) is 12.4. The summed E-state index contributed by atoms with van der Waals surface area (Å²) in [4.78, 5) is 0. The molecule has 0 saturated carbocycles. The molecule has 254 valence electrons. The van der Waals surface area contributed by atoms with Gasteiger partial charge >= 0.3 is 0 Å². The lowest BCUT2D eigenvalue weighted by Crippen LogP contribution is -2.25. The highest BCUT2D eigenvalue weighted by molar-refractivity contribution is 6.03. The summed E-state index contributed by atoms with van der Waals surface area (Å²) in [7, 11) is 0.